The Morgan fingerprint density at radius 1 is 1.08 bits per heavy atom. The lowest BCUT2D eigenvalue weighted by Gasteiger charge is -2.37. The second-order valence-corrected chi connectivity index (χ2v) is 6.96. The molecule has 0 radical (unpaired) electrons. The summed E-state index contributed by atoms with van der Waals surface area (Å²) in [6, 6.07) is 3.69. The zero-order valence-corrected chi connectivity index (χ0v) is 15.0. The molecule has 7 heteroatoms. The maximum atomic E-state index is 12.8. The zero-order valence-electron chi connectivity index (χ0n) is 15.0. The van der Waals surface area contributed by atoms with Crippen molar-refractivity contribution in [3.8, 4) is 5.88 Å². The highest BCUT2D eigenvalue weighted by Crippen LogP contribution is 2.23. The van der Waals surface area contributed by atoms with Crippen LogP contribution in [0, 0.1) is 12.8 Å². The summed E-state index contributed by atoms with van der Waals surface area (Å²) in [6.45, 7) is 6.21. The third-order valence-electron chi connectivity index (χ3n) is 5.04. The molecule has 0 spiro atoms. The molecule has 0 N–H and O–H groups in total. The third kappa shape index (κ3) is 4.46. The molecule has 2 aliphatic rings. The highest BCUT2D eigenvalue weighted by atomic mass is 16.5. The Labute approximate surface area is 148 Å². The molecular formula is C18H26N4O3. The van der Waals surface area contributed by atoms with Crippen molar-refractivity contribution in [3.05, 3.63) is 17.8 Å². The van der Waals surface area contributed by atoms with Gasteiger partial charge in [-0.25, -0.2) is 0 Å². The number of aryl methyl sites for hydroxylation is 1. The fourth-order valence-electron chi connectivity index (χ4n) is 3.55. The van der Waals surface area contributed by atoms with Gasteiger partial charge in [-0.1, -0.05) is 0 Å². The number of carbonyl (C=O) groups excluding carboxylic acids is 2. The highest BCUT2D eigenvalue weighted by molar-refractivity contribution is 5.80. The minimum absolute atomic E-state index is 0.0218. The lowest BCUT2D eigenvalue weighted by atomic mass is 9.94. The Bertz CT molecular complexity index is 611. The number of likely N-dealkylation sites (tertiary alicyclic amines) is 2. The highest BCUT2D eigenvalue weighted by Gasteiger charge is 2.32. The van der Waals surface area contributed by atoms with Crippen molar-refractivity contribution in [1.29, 1.82) is 0 Å². The average Bonchev–Trinajstić information content (AvgIpc) is 2.63. The summed E-state index contributed by atoms with van der Waals surface area (Å²) < 4.78 is 5.91. The lowest BCUT2D eigenvalue weighted by molar-refractivity contribution is -0.142. The number of ether oxygens (including phenoxy) is 1. The van der Waals surface area contributed by atoms with Gasteiger partial charge in [0.05, 0.1) is 12.2 Å². The lowest BCUT2D eigenvalue weighted by Crippen LogP contribution is -2.49. The van der Waals surface area contributed by atoms with Gasteiger partial charge in [-0.15, -0.1) is 5.10 Å². The van der Waals surface area contributed by atoms with E-state index in [4.69, 9.17) is 4.74 Å². The van der Waals surface area contributed by atoms with Crippen LogP contribution in [0.5, 0.6) is 5.88 Å². The predicted octanol–water partition coefficient (Wildman–Crippen LogP) is 1.41. The van der Waals surface area contributed by atoms with Crippen LogP contribution in [0.2, 0.25) is 0 Å². The molecule has 2 saturated heterocycles. The van der Waals surface area contributed by atoms with Crippen molar-refractivity contribution in [3.63, 3.8) is 0 Å². The van der Waals surface area contributed by atoms with E-state index in [9.17, 15) is 9.59 Å². The van der Waals surface area contributed by atoms with Crippen molar-refractivity contribution in [2.24, 2.45) is 5.92 Å². The first-order chi connectivity index (χ1) is 12.0. The molecule has 3 heterocycles. The summed E-state index contributed by atoms with van der Waals surface area (Å²) in [5.41, 5.74) is 0.852. The van der Waals surface area contributed by atoms with Crippen molar-refractivity contribution in [2.75, 3.05) is 26.2 Å². The fraction of sp³-hybridized carbons (Fsp3) is 0.667. The minimum atomic E-state index is -0.0352. The fourth-order valence-corrected chi connectivity index (χ4v) is 3.55. The number of nitrogens with zero attached hydrogens (tertiary/aromatic N) is 4. The van der Waals surface area contributed by atoms with Crippen LogP contribution < -0.4 is 4.74 Å². The second-order valence-electron chi connectivity index (χ2n) is 6.96. The van der Waals surface area contributed by atoms with E-state index in [1.165, 1.54) is 0 Å². The number of amides is 2. The third-order valence-corrected chi connectivity index (χ3v) is 5.04. The number of carbonyl (C=O) groups is 2. The van der Waals surface area contributed by atoms with E-state index in [0.717, 1.165) is 37.9 Å². The van der Waals surface area contributed by atoms with E-state index in [1.807, 2.05) is 28.9 Å². The Morgan fingerprint density at radius 2 is 1.84 bits per heavy atom. The topological polar surface area (TPSA) is 75.6 Å². The SMILES string of the molecule is CC(=O)N1CCC(C(=O)N2CCC[C@H](Oc3ccc(C)nn3)C2)CC1. The van der Waals surface area contributed by atoms with E-state index >= 15 is 0 Å². The molecule has 0 saturated carbocycles. The number of hydrogen-bond acceptors (Lipinski definition) is 5. The smallest absolute Gasteiger partial charge is 0.233 e. The van der Waals surface area contributed by atoms with Crippen LogP contribution in [0.15, 0.2) is 12.1 Å². The number of piperidine rings is 2. The van der Waals surface area contributed by atoms with E-state index in [1.54, 1.807) is 6.92 Å². The summed E-state index contributed by atoms with van der Waals surface area (Å²) in [5.74, 6) is 0.830. The molecule has 25 heavy (non-hydrogen) atoms. The van der Waals surface area contributed by atoms with Crippen LogP contribution in [0.25, 0.3) is 0 Å². The minimum Gasteiger partial charge on any atom is -0.471 e. The molecule has 2 aliphatic heterocycles. The van der Waals surface area contributed by atoms with E-state index in [-0.39, 0.29) is 23.8 Å². The van der Waals surface area contributed by atoms with Crippen molar-refractivity contribution in [1.82, 2.24) is 20.0 Å². The Hall–Kier alpha value is -2.18. The van der Waals surface area contributed by atoms with Gasteiger partial charge >= 0.3 is 0 Å². The Morgan fingerprint density at radius 3 is 2.48 bits per heavy atom. The normalized spacial score (nSPS) is 21.9. The van der Waals surface area contributed by atoms with E-state index < -0.39 is 0 Å². The predicted molar refractivity (Wildman–Crippen MR) is 92.0 cm³/mol. The maximum Gasteiger partial charge on any atom is 0.233 e. The summed E-state index contributed by atoms with van der Waals surface area (Å²) >= 11 is 0. The van der Waals surface area contributed by atoms with Gasteiger partial charge in [0.15, 0.2) is 0 Å². The molecule has 136 valence electrons. The van der Waals surface area contributed by atoms with Gasteiger partial charge in [0.1, 0.15) is 6.10 Å². The summed E-state index contributed by atoms with van der Waals surface area (Å²) in [4.78, 5) is 28.0. The van der Waals surface area contributed by atoms with Gasteiger partial charge in [0.2, 0.25) is 17.7 Å². The molecule has 1 atom stereocenters. The van der Waals surface area contributed by atoms with Gasteiger partial charge in [-0.2, -0.15) is 5.10 Å². The van der Waals surface area contributed by atoms with Gasteiger partial charge in [-0.3, -0.25) is 9.59 Å². The summed E-state index contributed by atoms with van der Waals surface area (Å²) in [6.07, 6.45) is 3.32. The average molecular weight is 346 g/mol. The molecule has 2 amide bonds. The van der Waals surface area contributed by atoms with Crippen molar-refractivity contribution >= 4 is 11.8 Å². The van der Waals surface area contributed by atoms with Gasteiger partial charge in [0.25, 0.3) is 0 Å². The first kappa shape index (κ1) is 17.6. The van der Waals surface area contributed by atoms with E-state index in [0.29, 0.717) is 25.5 Å². The molecule has 0 aliphatic carbocycles. The quantitative estimate of drug-likeness (QED) is 0.827. The molecule has 2 fully saturated rings. The summed E-state index contributed by atoms with van der Waals surface area (Å²) in [5, 5.41) is 8.05. The number of rotatable bonds is 3. The van der Waals surface area contributed by atoms with Crippen LogP contribution in [0.1, 0.15) is 38.3 Å². The van der Waals surface area contributed by atoms with Crippen LogP contribution in [-0.2, 0) is 9.59 Å². The molecule has 3 rings (SSSR count). The zero-order chi connectivity index (χ0) is 17.8. The van der Waals surface area contributed by atoms with Crippen LogP contribution >= 0.6 is 0 Å². The van der Waals surface area contributed by atoms with Crippen LogP contribution in [-0.4, -0.2) is 64.1 Å². The van der Waals surface area contributed by atoms with Crippen molar-refractivity contribution < 1.29 is 14.3 Å². The van der Waals surface area contributed by atoms with Crippen LogP contribution in [0.3, 0.4) is 0 Å². The largest absolute Gasteiger partial charge is 0.471 e. The monoisotopic (exact) mass is 346 g/mol. The molecular weight excluding hydrogens is 320 g/mol. The number of aromatic nitrogens is 2. The maximum absolute atomic E-state index is 12.8. The van der Waals surface area contributed by atoms with Crippen LogP contribution in [0.4, 0.5) is 0 Å². The van der Waals surface area contributed by atoms with Gasteiger partial charge < -0.3 is 14.5 Å². The first-order valence-electron chi connectivity index (χ1n) is 9.04. The Balaban J connectivity index is 1.53. The molecule has 0 unspecified atom stereocenters. The molecule has 0 aromatic carbocycles. The van der Waals surface area contributed by atoms with Gasteiger partial charge in [0, 0.05) is 38.5 Å². The first-order valence-corrected chi connectivity index (χ1v) is 9.04. The molecule has 0 bridgehead atoms. The van der Waals surface area contributed by atoms with Crippen molar-refractivity contribution in [2.45, 2.75) is 45.6 Å². The van der Waals surface area contributed by atoms with Gasteiger partial charge in [-0.05, 0) is 38.7 Å². The second kappa shape index (κ2) is 7.80. The molecule has 1 aromatic rings. The summed E-state index contributed by atoms with van der Waals surface area (Å²) in [7, 11) is 0. The Kier molecular flexibility index (Phi) is 5.50. The van der Waals surface area contributed by atoms with E-state index in [2.05, 4.69) is 10.2 Å². The number of hydrogen-bond donors (Lipinski definition) is 0. The molecule has 1 aromatic heterocycles. The molecule has 7 nitrogen and oxygen atoms in total. The standard InChI is InChI=1S/C18H26N4O3/c1-13-5-6-17(20-19-13)25-16-4-3-9-22(12-16)18(24)15-7-10-21(11-8-15)14(2)23/h5-6,15-16H,3-4,7-12H2,1-2H3/t16-/m0/s1.